The van der Waals surface area contributed by atoms with Gasteiger partial charge in [0.15, 0.2) is 0 Å². The second-order valence-corrected chi connectivity index (χ2v) is 6.54. The molecule has 2 N–H and O–H groups in total. The Bertz CT molecular complexity index is 1000. The number of carbonyl (C=O) groups is 2. The first-order valence-electron chi connectivity index (χ1n) is 9.11. The highest BCUT2D eigenvalue weighted by Crippen LogP contribution is 2.23. The summed E-state index contributed by atoms with van der Waals surface area (Å²) in [5.41, 5.74) is 2.07. The van der Waals surface area contributed by atoms with Gasteiger partial charge in [-0.15, -0.1) is 0 Å². The fourth-order valence-electron chi connectivity index (χ4n) is 2.75. The lowest BCUT2D eigenvalue weighted by Gasteiger charge is -2.08. The quantitative estimate of drug-likeness (QED) is 0.620. The number of benzene rings is 2. The smallest absolute Gasteiger partial charge is 0.256 e. The Hall–Kier alpha value is -3.32. The van der Waals surface area contributed by atoms with Crippen LogP contribution in [0.25, 0.3) is 5.69 Å². The molecular weight excluding hydrogens is 392 g/mol. The molecule has 0 radical (unpaired) electrons. The zero-order chi connectivity index (χ0) is 20.8. The van der Waals surface area contributed by atoms with Crippen molar-refractivity contribution >= 4 is 29.1 Å². The number of hydrogen-bond donors (Lipinski definition) is 2. The Morgan fingerprint density at radius 2 is 1.79 bits per heavy atom. The van der Waals surface area contributed by atoms with E-state index in [0.29, 0.717) is 18.0 Å². The SMILES string of the molecule is CCOc1ccc(NC(=O)CNC(=O)c2c(C)nn(-c3ccccc3)c2Cl)cc1. The number of anilines is 1. The molecule has 0 unspecified atom stereocenters. The molecule has 1 heterocycles. The van der Waals surface area contributed by atoms with Crippen LogP contribution in [0.5, 0.6) is 5.75 Å². The van der Waals surface area contributed by atoms with E-state index in [1.165, 1.54) is 4.68 Å². The van der Waals surface area contributed by atoms with Gasteiger partial charge in [-0.25, -0.2) is 4.68 Å². The minimum Gasteiger partial charge on any atom is -0.494 e. The number of aromatic nitrogens is 2. The molecule has 3 rings (SSSR count). The maximum atomic E-state index is 12.6. The highest BCUT2D eigenvalue weighted by Gasteiger charge is 2.21. The van der Waals surface area contributed by atoms with Crippen molar-refractivity contribution in [3.63, 3.8) is 0 Å². The number of amides is 2. The van der Waals surface area contributed by atoms with Crippen LogP contribution in [0.3, 0.4) is 0 Å². The van der Waals surface area contributed by atoms with Crippen LogP contribution in [0.2, 0.25) is 5.15 Å². The zero-order valence-corrected chi connectivity index (χ0v) is 16.9. The molecule has 0 atom stereocenters. The summed E-state index contributed by atoms with van der Waals surface area (Å²) in [5, 5.41) is 9.82. The van der Waals surface area contributed by atoms with Crippen molar-refractivity contribution in [2.24, 2.45) is 0 Å². The average Bonchev–Trinajstić information content (AvgIpc) is 3.03. The number of nitrogens with zero attached hydrogens (tertiary/aromatic N) is 2. The van der Waals surface area contributed by atoms with E-state index in [2.05, 4.69) is 15.7 Å². The maximum absolute atomic E-state index is 12.6. The third-order valence-electron chi connectivity index (χ3n) is 4.09. The summed E-state index contributed by atoms with van der Waals surface area (Å²) in [6, 6.07) is 16.3. The molecule has 0 aliphatic heterocycles. The van der Waals surface area contributed by atoms with E-state index in [9.17, 15) is 9.59 Å². The van der Waals surface area contributed by atoms with E-state index in [-0.39, 0.29) is 23.2 Å². The predicted octanol–water partition coefficient (Wildman–Crippen LogP) is 3.60. The van der Waals surface area contributed by atoms with Gasteiger partial charge in [0, 0.05) is 5.69 Å². The van der Waals surface area contributed by atoms with Crippen LogP contribution in [0, 0.1) is 6.92 Å². The van der Waals surface area contributed by atoms with Crippen LogP contribution in [-0.4, -0.2) is 34.7 Å². The summed E-state index contributed by atoms with van der Waals surface area (Å²) in [5.74, 6) is -0.0948. The van der Waals surface area contributed by atoms with E-state index in [4.69, 9.17) is 16.3 Å². The fraction of sp³-hybridized carbons (Fsp3) is 0.190. The van der Waals surface area contributed by atoms with E-state index < -0.39 is 5.91 Å². The van der Waals surface area contributed by atoms with Crippen LogP contribution < -0.4 is 15.4 Å². The van der Waals surface area contributed by atoms with Gasteiger partial charge < -0.3 is 15.4 Å². The summed E-state index contributed by atoms with van der Waals surface area (Å²) in [4.78, 5) is 24.7. The largest absolute Gasteiger partial charge is 0.494 e. The number of hydrogen-bond acceptors (Lipinski definition) is 4. The molecule has 7 nitrogen and oxygen atoms in total. The third-order valence-corrected chi connectivity index (χ3v) is 4.44. The molecule has 8 heteroatoms. The van der Waals surface area contributed by atoms with Gasteiger partial charge in [-0.1, -0.05) is 29.8 Å². The molecule has 0 aliphatic carbocycles. The maximum Gasteiger partial charge on any atom is 0.256 e. The number of para-hydroxylation sites is 1. The molecule has 0 bridgehead atoms. The van der Waals surface area contributed by atoms with Crippen LogP contribution in [-0.2, 0) is 4.79 Å². The Morgan fingerprint density at radius 1 is 1.10 bits per heavy atom. The molecule has 0 spiro atoms. The summed E-state index contributed by atoms with van der Waals surface area (Å²) in [6.45, 7) is 3.97. The number of ether oxygens (including phenoxy) is 1. The van der Waals surface area contributed by atoms with Gasteiger partial charge >= 0.3 is 0 Å². The van der Waals surface area contributed by atoms with Gasteiger partial charge in [-0.05, 0) is 50.2 Å². The molecule has 2 amide bonds. The van der Waals surface area contributed by atoms with Gasteiger partial charge in [-0.2, -0.15) is 5.10 Å². The van der Waals surface area contributed by atoms with Gasteiger partial charge in [0.25, 0.3) is 5.91 Å². The summed E-state index contributed by atoms with van der Waals surface area (Å²) >= 11 is 6.37. The molecule has 0 saturated heterocycles. The molecule has 150 valence electrons. The Balaban J connectivity index is 1.62. The number of rotatable bonds is 7. The monoisotopic (exact) mass is 412 g/mol. The fourth-order valence-corrected chi connectivity index (χ4v) is 3.11. The average molecular weight is 413 g/mol. The van der Waals surface area contributed by atoms with Crippen molar-refractivity contribution in [3.8, 4) is 11.4 Å². The van der Waals surface area contributed by atoms with E-state index in [0.717, 1.165) is 11.4 Å². The van der Waals surface area contributed by atoms with Crippen LogP contribution in [0.15, 0.2) is 54.6 Å². The normalized spacial score (nSPS) is 10.4. The number of halogens is 1. The minimum absolute atomic E-state index is 0.193. The van der Waals surface area contributed by atoms with E-state index in [1.54, 1.807) is 31.2 Å². The second kappa shape index (κ2) is 9.25. The van der Waals surface area contributed by atoms with Crippen molar-refractivity contribution in [1.82, 2.24) is 15.1 Å². The van der Waals surface area contributed by atoms with Crippen LogP contribution >= 0.6 is 11.6 Å². The summed E-state index contributed by atoms with van der Waals surface area (Å²) in [7, 11) is 0. The minimum atomic E-state index is -0.462. The highest BCUT2D eigenvalue weighted by molar-refractivity contribution is 6.33. The second-order valence-electron chi connectivity index (χ2n) is 6.19. The Labute approximate surface area is 173 Å². The van der Waals surface area contributed by atoms with E-state index in [1.807, 2.05) is 37.3 Å². The summed E-state index contributed by atoms with van der Waals surface area (Å²) in [6.07, 6.45) is 0. The lowest BCUT2D eigenvalue weighted by atomic mass is 10.2. The number of carbonyl (C=O) groups excluding carboxylic acids is 2. The van der Waals surface area contributed by atoms with Gasteiger partial charge in [0.1, 0.15) is 10.9 Å². The lowest BCUT2D eigenvalue weighted by molar-refractivity contribution is -0.115. The van der Waals surface area contributed by atoms with Crippen molar-refractivity contribution < 1.29 is 14.3 Å². The Kier molecular flexibility index (Phi) is 6.51. The molecule has 3 aromatic rings. The predicted molar refractivity (Wildman–Crippen MR) is 112 cm³/mol. The first kappa shape index (κ1) is 20.4. The van der Waals surface area contributed by atoms with Gasteiger partial charge in [0.2, 0.25) is 5.91 Å². The number of nitrogens with one attached hydrogen (secondary N) is 2. The number of aryl methyl sites for hydroxylation is 1. The molecular formula is C21H21ClN4O3. The lowest BCUT2D eigenvalue weighted by Crippen LogP contribution is -2.33. The topological polar surface area (TPSA) is 85.2 Å². The Morgan fingerprint density at radius 3 is 2.45 bits per heavy atom. The van der Waals surface area contributed by atoms with Gasteiger partial charge in [0.05, 0.1) is 30.1 Å². The highest BCUT2D eigenvalue weighted by atomic mass is 35.5. The molecule has 0 fully saturated rings. The molecule has 29 heavy (non-hydrogen) atoms. The molecule has 2 aromatic carbocycles. The van der Waals surface area contributed by atoms with Crippen LogP contribution in [0.1, 0.15) is 23.0 Å². The molecule has 0 aliphatic rings. The summed E-state index contributed by atoms with van der Waals surface area (Å²) < 4.78 is 6.85. The third kappa shape index (κ3) is 4.94. The van der Waals surface area contributed by atoms with Gasteiger partial charge in [-0.3, -0.25) is 9.59 Å². The molecule has 1 aromatic heterocycles. The van der Waals surface area contributed by atoms with E-state index >= 15 is 0 Å². The van der Waals surface area contributed by atoms with Crippen molar-refractivity contribution in [1.29, 1.82) is 0 Å². The molecule has 0 saturated carbocycles. The van der Waals surface area contributed by atoms with Crippen molar-refractivity contribution in [2.75, 3.05) is 18.5 Å². The van der Waals surface area contributed by atoms with Crippen molar-refractivity contribution in [3.05, 3.63) is 71.0 Å². The van der Waals surface area contributed by atoms with Crippen LogP contribution in [0.4, 0.5) is 5.69 Å². The van der Waals surface area contributed by atoms with Crippen molar-refractivity contribution in [2.45, 2.75) is 13.8 Å². The standard InChI is InChI=1S/C21H21ClN4O3/c1-3-29-17-11-9-15(10-12-17)24-18(27)13-23-21(28)19-14(2)25-26(20(19)22)16-7-5-4-6-8-16/h4-12H,3,13H2,1-2H3,(H,23,28)(H,24,27). The first-order valence-corrected chi connectivity index (χ1v) is 9.49. The zero-order valence-electron chi connectivity index (χ0n) is 16.1. The first-order chi connectivity index (χ1) is 14.0.